The highest BCUT2D eigenvalue weighted by Crippen LogP contribution is 2.18. The van der Waals surface area contributed by atoms with Crippen LogP contribution in [-0.4, -0.2) is 15.4 Å². The van der Waals surface area contributed by atoms with Gasteiger partial charge in [0, 0.05) is 35.1 Å². The fourth-order valence-electron chi connectivity index (χ4n) is 2.20. The number of pyridine rings is 1. The Morgan fingerprint density at radius 2 is 2.15 bits per heavy atom. The van der Waals surface area contributed by atoms with E-state index in [2.05, 4.69) is 4.98 Å². The molecule has 5 heteroatoms. The molecule has 0 aliphatic heterocycles. The first-order chi connectivity index (χ1) is 9.65. The zero-order valence-corrected chi connectivity index (χ0v) is 10.7. The summed E-state index contributed by atoms with van der Waals surface area (Å²) >= 11 is 0. The molecule has 0 spiro atoms. The molecule has 0 bridgehead atoms. The quantitative estimate of drug-likeness (QED) is 0.566. The molecule has 100 valence electrons. The lowest BCUT2D eigenvalue weighted by molar-refractivity contribution is 0.601. The van der Waals surface area contributed by atoms with Gasteiger partial charge >= 0.3 is 0 Å². The molecule has 20 heavy (non-hydrogen) atoms. The molecule has 0 aliphatic carbocycles. The van der Waals surface area contributed by atoms with Gasteiger partial charge in [-0.2, -0.15) is 0 Å². The Bertz CT molecular complexity index is 791. The van der Waals surface area contributed by atoms with Crippen molar-refractivity contribution in [2.24, 2.45) is 5.73 Å². The van der Waals surface area contributed by atoms with E-state index in [9.17, 15) is 4.39 Å². The first-order valence-electron chi connectivity index (χ1n) is 6.17. The topological polar surface area (TPSA) is 67.7 Å². The molecule has 3 aromatic rings. The Kier molecular flexibility index (Phi) is 2.95. The van der Waals surface area contributed by atoms with Crippen LogP contribution in [-0.2, 0) is 6.54 Å². The fourth-order valence-corrected chi connectivity index (χ4v) is 2.20. The summed E-state index contributed by atoms with van der Waals surface area (Å²) in [6.07, 6.45) is 5.40. The molecular formula is C15H13FN4. The van der Waals surface area contributed by atoms with Gasteiger partial charge in [0.25, 0.3) is 0 Å². The van der Waals surface area contributed by atoms with Crippen molar-refractivity contribution in [1.82, 2.24) is 9.55 Å². The molecule has 0 saturated carbocycles. The second-order valence-corrected chi connectivity index (χ2v) is 4.60. The first kappa shape index (κ1) is 12.3. The van der Waals surface area contributed by atoms with E-state index in [1.807, 2.05) is 22.9 Å². The summed E-state index contributed by atoms with van der Waals surface area (Å²) in [5, 5.41) is 8.33. The number of nitrogen functional groups attached to an aromatic ring is 1. The van der Waals surface area contributed by atoms with Crippen molar-refractivity contribution in [3.63, 3.8) is 0 Å². The van der Waals surface area contributed by atoms with E-state index < -0.39 is 0 Å². The van der Waals surface area contributed by atoms with Crippen molar-refractivity contribution < 1.29 is 4.39 Å². The number of aromatic nitrogens is 2. The van der Waals surface area contributed by atoms with Crippen LogP contribution in [0.3, 0.4) is 0 Å². The van der Waals surface area contributed by atoms with Gasteiger partial charge in [-0.1, -0.05) is 12.1 Å². The molecule has 0 amide bonds. The molecule has 3 N–H and O–H groups in total. The molecule has 0 radical (unpaired) electrons. The number of nitrogens with one attached hydrogen (secondary N) is 1. The molecule has 0 aliphatic rings. The van der Waals surface area contributed by atoms with E-state index in [0.717, 1.165) is 10.9 Å². The van der Waals surface area contributed by atoms with E-state index in [1.165, 1.54) is 6.07 Å². The Labute approximate surface area is 115 Å². The molecule has 4 nitrogen and oxygen atoms in total. The van der Waals surface area contributed by atoms with Gasteiger partial charge in [0.05, 0.1) is 12.1 Å². The number of hydrogen-bond acceptors (Lipinski definition) is 2. The van der Waals surface area contributed by atoms with Crippen molar-refractivity contribution in [3.8, 4) is 0 Å². The fraction of sp³-hybridized carbons (Fsp3) is 0.0667. The highest BCUT2D eigenvalue weighted by Gasteiger charge is 2.07. The third-order valence-corrected chi connectivity index (χ3v) is 3.28. The monoisotopic (exact) mass is 268 g/mol. The third-order valence-electron chi connectivity index (χ3n) is 3.28. The Hall–Kier alpha value is -2.69. The van der Waals surface area contributed by atoms with Crippen LogP contribution in [0.2, 0.25) is 0 Å². The number of nitrogens with zero attached hydrogens (tertiary/aromatic N) is 2. The standard InChI is InChI=1S/C15H13FN4/c16-13-7-10(15(17)18)1-2-12(13)9-20-6-4-11-8-19-5-3-14(11)20/h1-8H,9H2,(H3,17,18). The van der Waals surface area contributed by atoms with Gasteiger partial charge in [-0.15, -0.1) is 0 Å². The second kappa shape index (κ2) is 4.77. The molecule has 0 unspecified atom stereocenters. The van der Waals surface area contributed by atoms with Crippen molar-refractivity contribution in [2.75, 3.05) is 0 Å². The number of fused-ring (bicyclic) bond motifs is 1. The SMILES string of the molecule is N=C(N)c1ccc(Cn2ccc3cnccc32)c(F)c1. The second-order valence-electron chi connectivity index (χ2n) is 4.60. The number of amidine groups is 1. The van der Waals surface area contributed by atoms with Crippen molar-refractivity contribution in [2.45, 2.75) is 6.54 Å². The van der Waals surface area contributed by atoms with Crippen LogP contribution in [0.4, 0.5) is 4.39 Å². The van der Waals surface area contributed by atoms with E-state index in [-0.39, 0.29) is 11.7 Å². The highest BCUT2D eigenvalue weighted by molar-refractivity contribution is 5.94. The van der Waals surface area contributed by atoms with Gasteiger partial charge in [0.1, 0.15) is 11.7 Å². The lowest BCUT2D eigenvalue weighted by atomic mass is 10.1. The van der Waals surface area contributed by atoms with Crippen LogP contribution in [0, 0.1) is 11.2 Å². The van der Waals surface area contributed by atoms with Crippen molar-refractivity contribution in [3.05, 3.63) is 65.9 Å². The maximum atomic E-state index is 14.0. The van der Waals surface area contributed by atoms with E-state index in [4.69, 9.17) is 11.1 Å². The summed E-state index contributed by atoms with van der Waals surface area (Å²) in [4.78, 5) is 4.06. The van der Waals surface area contributed by atoms with Crippen LogP contribution in [0.15, 0.2) is 48.9 Å². The third kappa shape index (κ3) is 2.14. The molecule has 3 rings (SSSR count). The van der Waals surface area contributed by atoms with E-state index in [1.54, 1.807) is 24.5 Å². The van der Waals surface area contributed by atoms with Crippen molar-refractivity contribution in [1.29, 1.82) is 5.41 Å². The van der Waals surface area contributed by atoms with Crippen LogP contribution in [0.1, 0.15) is 11.1 Å². The predicted molar refractivity (Wildman–Crippen MR) is 76.3 cm³/mol. The molecule has 0 fully saturated rings. The number of hydrogen-bond donors (Lipinski definition) is 2. The molecular weight excluding hydrogens is 255 g/mol. The summed E-state index contributed by atoms with van der Waals surface area (Å²) in [5.74, 6) is -0.485. The number of nitrogens with two attached hydrogens (primary N) is 1. The smallest absolute Gasteiger partial charge is 0.128 e. The van der Waals surface area contributed by atoms with Crippen molar-refractivity contribution >= 4 is 16.7 Å². The number of rotatable bonds is 3. The molecule has 0 saturated heterocycles. The van der Waals surface area contributed by atoms with Crippen LogP contribution in [0.25, 0.3) is 10.9 Å². The lowest BCUT2D eigenvalue weighted by Gasteiger charge is -2.08. The maximum absolute atomic E-state index is 14.0. The van der Waals surface area contributed by atoms with Gasteiger partial charge in [-0.25, -0.2) is 4.39 Å². The van der Waals surface area contributed by atoms with Crippen LogP contribution < -0.4 is 5.73 Å². The zero-order valence-electron chi connectivity index (χ0n) is 10.7. The summed E-state index contributed by atoms with van der Waals surface area (Å²) in [7, 11) is 0. The molecule has 0 atom stereocenters. The van der Waals surface area contributed by atoms with E-state index in [0.29, 0.717) is 17.7 Å². The minimum atomic E-state index is -0.353. The molecule has 1 aromatic carbocycles. The van der Waals surface area contributed by atoms with E-state index >= 15 is 0 Å². The summed E-state index contributed by atoms with van der Waals surface area (Å²) < 4.78 is 16.0. The average molecular weight is 268 g/mol. The number of benzene rings is 1. The largest absolute Gasteiger partial charge is 0.384 e. The minimum Gasteiger partial charge on any atom is -0.384 e. The van der Waals surface area contributed by atoms with Gasteiger partial charge in [-0.3, -0.25) is 10.4 Å². The Morgan fingerprint density at radius 1 is 1.30 bits per heavy atom. The van der Waals surface area contributed by atoms with Gasteiger partial charge in [-0.05, 0) is 18.2 Å². The summed E-state index contributed by atoms with van der Waals surface area (Å²) in [5.41, 5.74) is 7.31. The van der Waals surface area contributed by atoms with Gasteiger partial charge < -0.3 is 10.3 Å². The Balaban J connectivity index is 1.97. The average Bonchev–Trinajstić information content (AvgIpc) is 2.84. The maximum Gasteiger partial charge on any atom is 0.128 e. The van der Waals surface area contributed by atoms with Crippen LogP contribution >= 0.6 is 0 Å². The van der Waals surface area contributed by atoms with Crippen LogP contribution in [0.5, 0.6) is 0 Å². The Morgan fingerprint density at radius 3 is 2.90 bits per heavy atom. The van der Waals surface area contributed by atoms with Gasteiger partial charge in [0.15, 0.2) is 0 Å². The summed E-state index contributed by atoms with van der Waals surface area (Å²) in [6, 6.07) is 8.47. The predicted octanol–water partition coefficient (Wildman–Crippen LogP) is 2.51. The number of halogens is 1. The molecule has 2 aromatic heterocycles. The normalized spacial score (nSPS) is 10.8. The summed E-state index contributed by atoms with van der Waals surface area (Å²) in [6.45, 7) is 0.428. The minimum absolute atomic E-state index is 0.132. The zero-order chi connectivity index (χ0) is 14.1. The lowest BCUT2D eigenvalue weighted by Crippen LogP contribution is -2.12. The highest BCUT2D eigenvalue weighted by atomic mass is 19.1. The van der Waals surface area contributed by atoms with Gasteiger partial charge in [0.2, 0.25) is 0 Å². The molecule has 2 heterocycles. The first-order valence-corrected chi connectivity index (χ1v) is 6.17.